The van der Waals surface area contributed by atoms with E-state index in [1.807, 2.05) is 13.8 Å². The van der Waals surface area contributed by atoms with Crippen LogP contribution in [0.15, 0.2) is 0 Å². The summed E-state index contributed by atoms with van der Waals surface area (Å²) in [5, 5.41) is 0. The van der Waals surface area contributed by atoms with Crippen molar-refractivity contribution in [2.24, 2.45) is 0 Å². The number of rotatable bonds is 1. The van der Waals surface area contributed by atoms with Gasteiger partial charge in [0.25, 0.3) is 0 Å². The molecule has 0 aromatic carbocycles. The highest BCUT2D eigenvalue weighted by molar-refractivity contribution is 4.70. The summed E-state index contributed by atoms with van der Waals surface area (Å²) in [5.74, 6) is 0. The zero-order chi connectivity index (χ0) is 8.69. The van der Waals surface area contributed by atoms with Crippen molar-refractivity contribution in [1.82, 2.24) is 4.90 Å². The van der Waals surface area contributed by atoms with Crippen molar-refractivity contribution in [2.45, 2.75) is 39.8 Å². The Hall–Kier alpha value is -0.110. The van der Waals surface area contributed by atoms with E-state index < -0.39 is 6.17 Å². The molecule has 0 bridgehead atoms. The molecule has 1 fully saturated rings. The van der Waals surface area contributed by atoms with Crippen LogP contribution in [0.5, 0.6) is 0 Å². The van der Waals surface area contributed by atoms with Gasteiger partial charge >= 0.3 is 0 Å². The van der Waals surface area contributed by atoms with Crippen LogP contribution in [0.25, 0.3) is 0 Å². The molecule has 1 heterocycles. The van der Waals surface area contributed by atoms with Crippen LogP contribution in [0.2, 0.25) is 0 Å². The first-order chi connectivity index (χ1) is 5.33. The average Bonchev–Trinajstić information content (AvgIpc) is 2.08. The van der Waals surface area contributed by atoms with Gasteiger partial charge in [-0.1, -0.05) is 20.8 Å². The molecule has 1 atom stereocenters. The monoisotopic (exact) mass is 161 g/mol. The Labute approximate surface area is 69.6 Å². The molecule has 0 aromatic rings. The van der Waals surface area contributed by atoms with Crippen LogP contribution in [-0.4, -0.2) is 30.7 Å². The molecule has 11 heavy (non-hydrogen) atoms. The number of hydrogen-bond acceptors (Lipinski definition) is 1. The van der Waals surface area contributed by atoms with Crippen molar-refractivity contribution < 1.29 is 4.39 Å². The lowest BCUT2D eigenvalue weighted by Gasteiger charge is -2.27. The summed E-state index contributed by atoms with van der Waals surface area (Å²) in [7, 11) is 0. The molecule has 68 valence electrons. The van der Waals surface area contributed by atoms with Crippen molar-refractivity contribution in [2.75, 3.05) is 19.6 Å². The Balaban J connectivity index is 0.000000461. The topological polar surface area (TPSA) is 3.24 Å². The number of nitrogens with zero attached hydrogens (tertiary/aromatic N) is 1. The molecule has 0 saturated carbocycles. The van der Waals surface area contributed by atoms with Gasteiger partial charge in [0.1, 0.15) is 6.17 Å². The molecule has 0 amide bonds. The predicted octanol–water partition coefficient (Wildman–Crippen LogP) is 2.47. The average molecular weight is 161 g/mol. The molecular weight excluding hydrogens is 141 g/mol. The molecular formula is C9H20FN. The van der Waals surface area contributed by atoms with E-state index in [4.69, 9.17) is 0 Å². The van der Waals surface area contributed by atoms with Gasteiger partial charge in [0.2, 0.25) is 0 Å². The van der Waals surface area contributed by atoms with E-state index in [1.54, 1.807) is 0 Å². The molecule has 0 aliphatic carbocycles. The van der Waals surface area contributed by atoms with E-state index in [0.717, 1.165) is 25.9 Å². The third kappa shape index (κ3) is 4.35. The minimum absolute atomic E-state index is 0.557. The Morgan fingerprint density at radius 3 is 2.45 bits per heavy atom. The fourth-order valence-corrected chi connectivity index (χ4v) is 1.29. The number of alkyl halides is 1. The maximum atomic E-state index is 12.6. The summed E-state index contributed by atoms with van der Waals surface area (Å²) >= 11 is 0. The third-order valence-corrected chi connectivity index (χ3v) is 1.90. The Kier molecular flexibility index (Phi) is 6.52. The summed E-state index contributed by atoms with van der Waals surface area (Å²) in [6, 6.07) is 0. The van der Waals surface area contributed by atoms with Crippen molar-refractivity contribution >= 4 is 0 Å². The molecule has 1 nitrogen and oxygen atoms in total. The molecule has 0 radical (unpaired) electrons. The van der Waals surface area contributed by atoms with E-state index in [-0.39, 0.29) is 0 Å². The van der Waals surface area contributed by atoms with Gasteiger partial charge in [0, 0.05) is 6.54 Å². The van der Waals surface area contributed by atoms with Gasteiger partial charge in [-0.15, -0.1) is 0 Å². The van der Waals surface area contributed by atoms with Gasteiger partial charge < -0.3 is 4.90 Å². The molecule has 0 aromatic heterocycles. The van der Waals surface area contributed by atoms with Crippen molar-refractivity contribution in [3.63, 3.8) is 0 Å². The molecule has 1 rings (SSSR count). The van der Waals surface area contributed by atoms with Crippen LogP contribution in [0, 0.1) is 0 Å². The first-order valence-electron chi connectivity index (χ1n) is 4.69. The second-order valence-corrected chi connectivity index (χ2v) is 2.63. The molecule has 0 spiro atoms. The van der Waals surface area contributed by atoms with Crippen LogP contribution in [0.1, 0.15) is 33.6 Å². The van der Waals surface area contributed by atoms with Gasteiger partial charge in [-0.2, -0.15) is 0 Å². The Bertz CT molecular complexity index is 85.6. The van der Waals surface area contributed by atoms with Gasteiger partial charge in [-0.05, 0) is 25.9 Å². The molecule has 0 N–H and O–H groups in total. The van der Waals surface area contributed by atoms with Crippen LogP contribution in [-0.2, 0) is 0 Å². The van der Waals surface area contributed by atoms with E-state index in [9.17, 15) is 4.39 Å². The summed E-state index contributed by atoms with van der Waals surface area (Å²) in [4.78, 5) is 2.16. The van der Waals surface area contributed by atoms with E-state index >= 15 is 0 Å². The second-order valence-electron chi connectivity index (χ2n) is 2.63. The fourth-order valence-electron chi connectivity index (χ4n) is 1.29. The van der Waals surface area contributed by atoms with Crippen LogP contribution >= 0.6 is 0 Å². The van der Waals surface area contributed by atoms with E-state index in [2.05, 4.69) is 11.8 Å². The molecule has 0 unspecified atom stereocenters. The largest absolute Gasteiger partial charge is 0.301 e. The maximum Gasteiger partial charge on any atom is 0.113 e. The SMILES string of the molecule is CC.CCN1CCC[C@@H](F)C1. The van der Waals surface area contributed by atoms with Crippen molar-refractivity contribution in [3.05, 3.63) is 0 Å². The van der Waals surface area contributed by atoms with Gasteiger partial charge in [-0.25, -0.2) is 4.39 Å². The Morgan fingerprint density at radius 2 is 2.09 bits per heavy atom. The summed E-state index contributed by atoms with van der Waals surface area (Å²) in [6.07, 6.45) is 1.25. The molecule has 2 heteroatoms. The van der Waals surface area contributed by atoms with Crippen LogP contribution in [0.4, 0.5) is 4.39 Å². The first-order valence-corrected chi connectivity index (χ1v) is 4.69. The van der Waals surface area contributed by atoms with Crippen LogP contribution < -0.4 is 0 Å². The standard InChI is InChI=1S/C7H14FN.C2H6/c1-2-9-5-3-4-7(8)6-9;1-2/h7H,2-6H2,1H3;1-2H3/t7-;/m1./s1. The van der Waals surface area contributed by atoms with Gasteiger partial charge in [0.15, 0.2) is 0 Å². The third-order valence-electron chi connectivity index (χ3n) is 1.90. The molecule has 1 aliphatic rings. The number of likely N-dealkylation sites (tertiary alicyclic amines) is 1. The fraction of sp³-hybridized carbons (Fsp3) is 1.00. The second kappa shape index (κ2) is 6.59. The predicted molar refractivity (Wildman–Crippen MR) is 47.6 cm³/mol. The van der Waals surface area contributed by atoms with Crippen LogP contribution in [0.3, 0.4) is 0 Å². The zero-order valence-electron chi connectivity index (χ0n) is 7.94. The lowest BCUT2D eigenvalue weighted by atomic mass is 10.1. The van der Waals surface area contributed by atoms with E-state index in [0.29, 0.717) is 6.54 Å². The van der Waals surface area contributed by atoms with Gasteiger partial charge in [0.05, 0.1) is 0 Å². The van der Waals surface area contributed by atoms with Gasteiger partial charge in [-0.3, -0.25) is 0 Å². The molecule has 1 aliphatic heterocycles. The highest BCUT2D eigenvalue weighted by Gasteiger charge is 2.16. The Morgan fingerprint density at radius 1 is 1.45 bits per heavy atom. The number of halogens is 1. The zero-order valence-corrected chi connectivity index (χ0v) is 7.94. The number of piperidine rings is 1. The minimum Gasteiger partial charge on any atom is -0.301 e. The highest BCUT2D eigenvalue weighted by Crippen LogP contribution is 2.11. The molecule has 1 saturated heterocycles. The quantitative estimate of drug-likeness (QED) is 0.571. The summed E-state index contributed by atoms with van der Waals surface area (Å²) < 4.78 is 12.6. The van der Waals surface area contributed by atoms with Crippen molar-refractivity contribution in [3.8, 4) is 0 Å². The highest BCUT2D eigenvalue weighted by atomic mass is 19.1. The van der Waals surface area contributed by atoms with E-state index in [1.165, 1.54) is 0 Å². The summed E-state index contributed by atoms with van der Waals surface area (Å²) in [5.41, 5.74) is 0. The lowest BCUT2D eigenvalue weighted by molar-refractivity contribution is 0.144. The maximum absolute atomic E-state index is 12.6. The number of hydrogen-bond donors (Lipinski definition) is 0. The summed E-state index contributed by atoms with van der Waals surface area (Å²) in [6.45, 7) is 8.84. The smallest absolute Gasteiger partial charge is 0.113 e. The first kappa shape index (κ1) is 10.9. The van der Waals surface area contributed by atoms with Crippen molar-refractivity contribution in [1.29, 1.82) is 0 Å². The minimum atomic E-state index is -0.557. The lowest BCUT2D eigenvalue weighted by Crippen LogP contribution is -2.35. The normalized spacial score (nSPS) is 25.6.